The van der Waals surface area contributed by atoms with Crippen LogP contribution in [0.1, 0.15) is 16.8 Å². The lowest BCUT2D eigenvalue weighted by atomic mass is 10.2. The maximum Gasteiger partial charge on any atom is 0.254 e. The van der Waals surface area contributed by atoms with Crippen LogP contribution in [0.25, 0.3) is 5.78 Å². The highest BCUT2D eigenvalue weighted by molar-refractivity contribution is 7.90. The predicted octanol–water partition coefficient (Wildman–Crippen LogP) is 1.15. The number of pyridine rings is 1. The summed E-state index contributed by atoms with van der Waals surface area (Å²) in [7, 11) is -3.28. The Bertz CT molecular complexity index is 963. The molecule has 0 spiro atoms. The normalized spacial score (nSPS) is 11.8. The minimum absolute atomic E-state index is 0.0656. The summed E-state index contributed by atoms with van der Waals surface area (Å²) in [5, 5.41) is 7.52. The minimum Gasteiger partial charge on any atom is -0.365 e. The third kappa shape index (κ3) is 3.00. The molecule has 120 valence electrons. The van der Waals surface area contributed by atoms with E-state index in [1.165, 1.54) is 12.4 Å². The fourth-order valence-electron chi connectivity index (χ4n) is 2.16. The van der Waals surface area contributed by atoms with Crippen LogP contribution in [0.4, 0.5) is 5.82 Å². The Balaban J connectivity index is 1.86. The maximum absolute atomic E-state index is 11.4. The summed E-state index contributed by atoms with van der Waals surface area (Å²) < 4.78 is 24.5. The smallest absolute Gasteiger partial charge is 0.254 e. The molecule has 0 bridgehead atoms. The van der Waals surface area contributed by atoms with E-state index >= 15 is 0 Å². The van der Waals surface area contributed by atoms with E-state index in [4.69, 9.17) is 0 Å². The van der Waals surface area contributed by atoms with Gasteiger partial charge in [0.15, 0.2) is 14.9 Å². The number of hydrogen-bond donors (Lipinski definition) is 1. The first kappa shape index (κ1) is 15.3. The summed E-state index contributed by atoms with van der Waals surface area (Å²) in [6.07, 6.45) is 4.14. The van der Waals surface area contributed by atoms with Gasteiger partial charge in [-0.25, -0.2) is 18.4 Å². The minimum atomic E-state index is -3.28. The molecule has 3 rings (SSSR count). The largest absolute Gasteiger partial charge is 0.365 e. The number of anilines is 1. The number of nitrogens with one attached hydrogen (secondary N) is 1. The highest BCUT2D eigenvalue weighted by atomic mass is 32.2. The van der Waals surface area contributed by atoms with Gasteiger partial charge >= 0.3 is 0 Å². The summed E-state index contributed by atoms with van der Waals surface area (Å²) in [5.74, 6) is 1.33. The van der Waals surface area contributed by atoms with Gasteiger partial charge in [-0.1, -0.05) is 6.07 Å². The van der Waals surface area contributed by atoms with Crippen LogP contribution in [0.5, 0.6) is 0 Å². The molecule has 0 aliphatic heterocycles. The average Bonchev–Trinajstić information content (AvgIpc) is 2.95. The molecule has 9 heteroatoms. The van der Waals surface area contributed by atoms with Crippen LogP contribution in [0.15, 0.2) is 29.7 Å². The Morgan fingerprint density at radius 2 is 2.00 bits per heavy atom. The van der Waals surface area contributed by atoms with Crippen LogP contribution in [0.3, 0.4) is 0 Å². The van der Waals surface area contributed by atoms with Gasteiger partial charge in [0.05, 0.1) is 0 Å². The van der Waals surface area contributed by atoms with Crippen LogP contribution in [-0.4, -0.2) is 39.2 Å². The number of aromatic nitrogens is 5. The Kier molecular flexibility index (Phi) is 3.72. The Labute approximate surface area is 133 Å². The van der Waals surface area contributed by atoms with Crippen LogP contribution >= 0.6 is 0 Å². The van der Waals surface area contributed by atoms with E-state index in [1.54, 1.807) is 16.8 Å². The first-order valence-electron chi connectivity index (χ1n) is 6.92. The van der Waals surface area contributed by atoms with Crippen molar-refractivity contribution in [1.29, 1.82) is 0 Å². The summed E-state index contributed by atoms with van der Waals surface area (Å²) in [6, 6.07) is 3.24. The number of fused-ring (bicyclic) bond motifs is 1. The fraction of sp³-hybridized carbons (Fsp3) is 0.286. The van der Waals surface area contributed by atoms with E-state index in [0.717, 1.165) is 28.9 Å². The molecular formula is C14H16N6O2S. The van der Waals surface area contributed by atoms with Gasteiger partial charge in [0.25, 0.3) is 5.78 Å². The van der Waals surface area contributed by atoms with Gasteiger partial charge in [0, 0.05) is 30.3 Å². The molecule has 0 aliphatic carbocycles. The van der Waals surface area contributed by atoms with Crippen molar-refractivity contribution in [1.82, 2.24) is 24.6 Å². The number of rotatable bonds is 4. The number of sulfone groups is 1. The zero-order chi connectivity index (χ0) is 16.6. The monoisotopic (exact) mass is 332 g/mol. The molecule has 0 atom stereocenters. The highest BCUT2D eigenvalue weighted by Crippen LogP contribution is 2.18. The summed E-state index contributed by atoms with van der Waals surface area (Å²) >= 11 is 0. The first-order chi connectivity index (χ1) is 10.9. The lowest BCUT2D eigenvalue weighted by Crippen LogP contribution is -2.10. The van der Waals surface area contributed by atoms with Crippen molar-refractivity contribution < 1.29 is 8.42 Å². The fourth-order valence-corrected chi connectivity index (χ4v) is 2.72. The Morgan fingerprint density at radius 3 is 2.65 bits per heavy atom. The van der Waals surface area contributed by atoms with E-state index in [9.17, 15) is 8.42 Å². The van der Waals surface area contributed by atoms with E-state index in [1.807, 2.05) is 13.8 Å². The topological polar surface area (TPSA) is 102 Å². The van der Waals surface area contributed by atoms with Gasteiger partial charge in [0.1, 0.15) is 12.1 Å². The molecule has 3 aromatic rings. The summed E-state index contributed by atoms with van der Waals surface area (Å²) in [5.41, 5.74) is 2.71. The Hall–Kier alpha value is -2.55. The molecule has 0 fully saturated rings. The molecule has 8 nitrogen and oxygen atoms in total. The van der Waals surface area contributed by atoms with Gasteiger partial charge in [-0.15, -0.1) is 0 Å². The second-order valence-corrected chi connectivity index (χ2v) is 7.24. The molecule has 1 N–H and O–H groups in total. The van der Waals surface area contributed by atoms with Gasteiger partial charge in [-0.2, -0.15) is 14.6 Å². The van der Waals surface area contributed by atoms with E-state index in [2.05, 4.69) is 25.4 Å². The van der Waals surface area contributed by atoms with Crippen molar-refractivity contribution in [3.63, 3.8) is 0 Å². The number of aryl methyl sites for hydroxylation is 1. The molecule has 0 saturated heterocycles. The molecule has 0 aliphatic rings. The van der Waals surface area contributed by atoms with Gasteiger partial charge in [-0.3, -0.25) is 0 Å². The lowest BCUT2D eigenvalue weighted by molar-refractivity contribution is 0.598. The van der Waals surface area contributed by atoms with Crippen molar-refractivity contribution in [2.24, 2.45) is 0 Å². The molecule has 0 aromatic carbocycles. The van der Waals surface area contributed by atoms with Crippen molar-refractivity contribution in [2.75, 3.05) is 11.6 Å². The second kappa shape index (κ2) is 5.58. The molecule has 0 saturated carbocycles. The molecule has 23 heavy (non-hydrogen) atoms. The van der Waals surface area contributed by atoms with Crippen molar-refractivity contribution in [2.45, 2.75) is 25.4 Å². The van der Waals surface area contributed by atoms with Crippen molar-refractivity contribution in [3.8, 4) is 0 Å². The standard InChI is InChI=1S/C14H16N6O2S/c1-9-10(2)19-14-17-8-18-20(14)13(9)16-7-11-4-5-12(15-6-11)23(3,21)22/h4-6,8,16H,7H2,1-3H3. The number of hydrogen-bond acceptors (Lipinski definition) is 7. The van der Waals surface area contributed by atoms with Crippen LogP contribution in [0, 0.1) is 13.8 Å². The molecule has 3 heterocycles. The van der Waals surface area contributed by atoms with E-state index in [-0.39, 0.29) is 5.03 Å². The second-order valence-electron chi connectivity index (χ2n) is 5.27. The molecular weight excluding hydrogens is 316 g/mol. The zero-order valence-electron chi connectivity index (χ0n) is 13.0. The third-order valence-corrected chi connectivity index (χ3v) is 4.55. The molecule has 0 amide bonds. The SMILES string of the molecule is Cc1nc2ncnn2c(NCc2ccc(S(C)(=O)=O)nc2)c1C. The molecule has 0 radical (unpaired) electrons. The van der Waals surface area contributed by atoms with Crippen LogP contribution in [0.2, 0.25) is 0 Å². The molecule has 0 unspecified atom stereocenters. The lowest BCUT2D eigenvalue weighted by Gasteiger charge is -2.12. The summed E-state index contributed by atoms with van der Waals surface area (Å²) in [4.78, 5) is 12.4. The van der Waals surface area contributed by atoms with Gasteiger partial charge < -0.3 is 5.32 Å². The quantitative estimate of drug-likeness (QED) is 0.764. The van der Waals surface area contributed by atoms with Crippen molar-refractivity contribution in [3.05, 3.63) is 41.5 Å². The first-order valence-corrected chi connectivity index (χ1v) is 8.81. The highest BCUT2D eigenvalue weighted by Gasteiger charge is 2.11. The molecule has 3 aromatic heterocycles. The predicted molar refractivity (Wildman–Crippen MR) is 84.9 cm³/mol. The van der Waals surface area contributed by atoms with Crippen molar-refractivity contribution >= 4 is 21.4 Å². The zero-order valence-corrected chi connectivity index (χ0v) is 13.8. The number of nitrogens with zero attached hydrogens (tertiary/aromatic N) is 5. The average molecular weight is 332 g/mol. The van der Waals surface area contributed by atoms with E-state index < -0.39 is 9.84 Å². The van der Waals surface area contributed by atoms with E-state index in [0.29, 0.717) is 12.3 Å². The summed E-state index contributed by atoms with van der Waals surface area (Å²) in [6.45, 7) is 4.35. The van der Waals surface area contributed by atoms with Crippen LogP contribution in [-0.2, 0) is 16.4 Å². The Morgan fingerprint density at radius 1 is 1.22 bits per heavy atom. The third-order valence-electron chi connectivity index (χ3n) is 3.54. The van der Waals surface area contributed by atoms with Gasteiger partial charge in [0.2, 0.25) is 0 Å². The van der Waals surface area contributed by atoms with Crippen LogP contribution < -0.4 is 5.32 Å². The maximum atomic E-state index is 11.4. The van der Waals surface area contributed by atoms with Gasteiger partial charge in [-0.05, 0) is 25.5 Å².